The number of phenolic OH excluding ortho intramolecular Hbond substituents is 2. The van der Waals surface area contributed by atoms with Crippen molar-refractivity contribution in [2.45, 2.75) is 6.42 Å². The average molecular weight is 213 g/mol. The van der Waals surface area contributed by atoms with Crippen LogP contribution >= 0.6 is 0 Å². The highest BCUT2D eigenvalue weighted by molar-refractivity contribution is 5.35. The van der Waals surface area contributed by atoms with Gasteiger partial charge in [-0.1, -0.05) is 24.3 Å². The molecule has 0 fully saturated rings. The number of hydrogen-bond donors (Lipinski definition) is 2. The van der Waals surface area contributed by atoms with Crippen LogP contribution < -0.4 is 0 Å². The fourth-order valence-corrected chi connectivity index (χ4v) is 1.57. The second kappa shape index (κ2) is 4.71. The molecule has 0 bridgehead atoms. The molecule has 0 aliphatic carbocycles. The molecule has 2 heteroatoms. The van der Waals surface area contributed by atoms with Crippen LogP contribution in [0.5, 0.6) is 11.5 Å². The van der Waals surface area contributed by atoms with Crippen LogP contribution in [-0.2, 0) is 6.42 Å². The van der Waals surface area contributed by atoms with Crippen LogP contribution in [0.2, 0.25) is 0 Å². The van der Waals surface area contributed by atoms with Gasteiger partial charge in [0.05, 0.1) is 0 Å². The standard InChI is InChI=1S/C14H13O2/c15-13-5-1-3-11(9-13)7-8-12-4-2-6-14(16)10-12/h1-7,9-10,15-16H,8H2. The van der Waals surface area contributed by atoms with Gasteiger partial charge >= 0.3 is 0 Å². The van der Waals surface area contributed by atoms with Crippen molar-refractivity contribution >= 4 is 0 Å². The van der Waals surface area contributed by atoms with Crippen LogP contribution in [0.4, 0.5) is 0 Å². The van der Waals surface area contributed by atoms with Gasteiger partial charge in [0, 0.05) is 0 Å². The summed E-state index contributed by atoms with van der Waals surface area (Å²) in [5, 5.41) is 18.6. The Labute approximate surface area is 94.8 Å². The molecule has 2 rings (SSSR count). The summed E-state index contributed by atoms with van der Waals surface area (Å²) in [5.41, 5.74) is 2.02. The molecular formula is C14H13O2. The lowest BCUT2D eigenvalue weighted by Gasteiger charge is -2.03. The molecule has 0 aliphatic rings. The van der Waals surface area contributed by atoms with E-state index in [9.17, 15) is 10.2 Å². The smallest absolute Gasteiger partial charge is 0.115 e. The van der Waals surface area contributed by atoms with Gasteiger partial charge in [-0.15, -0.1) is 0 Å². The van der Waals surface area contributed by atoms with Crippen molar-refractivity contribution in [1.29, 1.82) is 0 Å². The lowest BCUT2D eigenvalue weighted by atomic mass is 10.0. The summed E-state index contributed by atoms with van der Waals surface area (Å²) < 4.78 is 0. The van der Waals surface area contributed by atoms with Gasteiger partial charge in [0.15, 0.2) is 0 Å². The van der Waals surface area contributed by atoms with E-state index in [0.29, 0.717) is 0 Å². The Hall–Kier alpha value is -1.96. The molecule has 2 N–H and O–H groups in total. The molecule has 0 amide bonds. The molecule has 0 aliphatic heterocycles. The Morgan fingerprint density at radius 3 is 2.25 bits per heavy atom. The molecule has 0 unspecified atom stereocenters. The number of rotatable bonds is 3. The van der Waals surface area contributed by atoms with Crippen molar-refractivity contribution in [2.75, 3.05) is 0 Å². The highest BCUT2D eigenvalue weighted by atomic mass is 16.3. The van der Waals surface area contributed by atoms with E-state index in [1.165, 1.54) is 0 Å². The molecule has 2 aromatic rings. The fourth-order valence-electron chi connectivity index (χ4n) is 1.57. The summed E-state index contributed by atoms with van der Waals surface area (Å²) in [6.07, 6.45) is 2.74. The van der Waals surface area contributed by atoms with Crippen molar-refractivity contribution in [1.82, 2.24) is 0 Å². The fraction of sp³-hybridized carbons (Fsp3) is 0.0714. The van der Waals surface area contributed by atoms with Crippen molar-refractivity contribution in [3.63, 3.8) is 0 Å². The van der Waals surface area contributed by atoms with Crippen LogP contribution in [-0.4, -0.2) is 10.2 Å². The van der Waals surface area contributed by atoms with Gasteiger partial charge in [-0.2, -0.15) is 0 Å². The van der Waals surface area contributed by atoms with E-state index < -0.39 is 0 Å². The van der Waals surface area contributed by atoms with E-state index in [0.717, 1.165) is 17.5 Å². The Morgan fingerprint density at radius 1 is 0.875 bits per heavy atom. The van der Waals surface area contributed by atoms with E-state index in [2.05, 4.69) is 0 Å². The molecule has 1 radical (unpaired) electrons. The van der Waals surface area contributed by atoms with Crippen LogP contribution in [0.25, 0.3) is 0 Å². The maximum Gasteiger partial charge on any atom is 0.115 e. The Morgan fingerprint density at radius 2 is 1.56 bits per heavy atom. The van der Waals surface area contributed by atoms with Gasteiger partial charge in [-0.25, -0.2) is 0 Å². The monoisotopic (exact) mass is 213 g/mol. The number of hydrogen-bond acceptors (Lipinski definition) is 2. The largest absolute Gasteiger partial charge is 0.508 e. The second-order valence-electron chi connectivity index (χ2n) is 3.67. The van der Waals surface area contributed by atoms with E-state index in [-0.39, 0.29) is 11.5 Å². The number of phenols is 2. The maximum atomic E-state index is 9.30. The molecule has 16 heavy (non-hydrogen) atoms. The predicted octanol–water partition coefficient (Wildman–Crippen LogP) is 2.89. The topological polar surface area (TPSA) is 40.5 Å². The lowest BCUT2D eigenvalue weighted by molar-refractivity contribution is 0.474. The first-order valence-electron chi connectivity index (χ1n) is 5.14. The third kappa shape index (κ3) is 2.76. The van der Waals surface area contributed by atoms with Crippen LogP contribution in [0, 0.1) is 6.42 Å². The summed E-state index contributed by atoms with van der Waals surface area (Å²) in [5.74, 6) is 0.548. The molecule has 0 atom stereocenters. The second-order valence-corrected chi connectivity index (χ2v) is 3.67. The van der Waals surface area contributed by atoms with Crippen molar-refractivity contribution in [2.24, 2.45) is 0 Å². The van der Waals surface area contributed by atoms with Gasteiger partial charge in [0.1, 0.15) is 11.5 Å². The average Bonchev–Trinajstić information content (AvgIpc) is 2.27. The van der Waals surface area contributed by atoms with E-state index in [1.54, 1.807) is 24.3 Å². The maximum absolute atomic E-state index is 9.30. The summed E-state index contributed by atoms with van der Waals surface area (Å²) in [6.45, 7) is 0. The quantitative estimate of drug-likeness (QED) is 0.823. The minimum absolute atomic E-state index is 0.268. The Balaban J connectivity index is 2.02. The summed E-state index contributed by atoms with van der Waals surface area (Å²) in [6, 6.07) is 14.3. The Kier molecular flexibility index (Phi) is 3.10. The predicted molar refractivity (Wildman–Crippen MR) is 63.3 cm³/mol. The molecule has 2 nitrogen and oxygen atoms in total. The highest BCUT2D eigenvalue weighted by Gasteiger charge is 1.98. The van der Waals surface area contributed by atoms with E-state index >= 15 is 0 Å². The van der Waals surface area contributed by atoms with Gasteiger partial charge < -0.3 is 10.2 Å². The van der Waals surface area contributed by atoms with Crippen molar-refractivity contribution in [3.8, 4) is 11.5 Å². The minimum Gasteiger partial charge on any atom is -0.508 e. The zero-order chi connectivity index (χ0) is 11.4. The van der Waals surface area contributed by atoms with Crippen LogP contribution in [0.3, 0.4) is 0 Å². The van der Waals surface area contributed by atoms with Gasteiger partial charge in [-0.05, 0) is 48.2 Å². The Bertz CT molecular complexity index is 432. The van der Waals surface area contributed by atoms with Gasteiger partial charge in [0.2, 0.25) is 0 Å². The van der Waals surface area contributed by atoms with Crippen molar-refractivity contribution < 1.29 is 10.2 Å². The highest BCUT2D eigenvalue weighted by Crippen LogP contribution is 2.17. The number of aromatic hydroxyl groups is 2. The molecule has 0 saturated heterocycles. The summed E-state index contributed by atoms with van der Waals surface area (Å²) in [4.78, 5) is 0. The minimum atomic E-state index is 0.268. The SMILES string of the molecule is Oc1cccc([CH]Cc2cccc(O)c2)c1. The normalized spacial score (nSPS) is 10.2. The first-order chi connectivity index (χ1) is 7.74. The zero-order valence-electron chi connectivity index (χ0n) is 8.80. The molecule has 0 aromatic heterocycles. The molecule has 2 aromatic carbocycles. The molecular weight excluding hydrogens is 200 g/mol. The number of benzene rings is 2. The zero-order valence-corrected chi connectivity index (χ0v) is 8.80. The van der Waals surface area contributed by atoms with Crippen molar-refractivity contribution in [3.05, 3.63) is 66.1 Å². The first kappa shape index (κ1) is 10.6. The van der Waals surface area contributed by atoms with E-state index in [4.69, 9.17) is 0 Å². The first-order valence-corrected chi connectivity index (χ1v) is 5.14. The third-order valence-corrected chi connectivity index (χ3v) is 2.35. The molecule has 81 valence electrons. The molecule has 0 heterocycles. The third-order valence-electron chi connectivity index (χ3n) is 2.35. The summed E-state index contributed by atoms with van der Waals surface area (Å²) in [7, 11) is 0. The lowest BCUT2D eigenvalue weighted by Crippen LogP contribution is -1.88. The van der Waals surface area contributed by atoms with Crippen LogP contribution in [0.1, 0.15) is 11.1 Å². The van der Waals surface area contributed by atoms with Crippen LogP contribution in [0.15, 0.2) is 48.5 Å². The summed E-state index contributed by atoms with van der Waals surface area (Å²) >= 11 is 0. The van der Waals surface area contributed by atoms with Gasteiger partial charge in [-0.3, -0.25) is 0 Å². The molecule has 0 saturated carbocycles. The van der Waals surface area contributed by atoms with Gasteiger partial charge in [0.25, 0.3) is 0 Å². The van der Waals surface area contributed by atoms with E-state index in [1.807, 2.05) is 30.7 Å². The molecule has 0 spiro atoms.